The summed E-state index contributed by atoms with van der Waals surface area (Å²) >= 11 is 6.44. The van der Waals surface area contributed by atoms with E-state index < -0.39 is 15.9 Å². The topological polar surface area (TPSA) is 129 Å². The number of benzene rings is 2. The molecule has 2 aromatic carbocycles. The Morgan fingerprint density at radius 1 is 1.18 bits per heavy atom. The molecule has 39 heavy (non-hydrogen) atoms. The Hall–Kier alpha value is -3.15. The number of carbonyl (C=O) groups is 2. The van der Waals surface area contributed by atoms with Crippen LogP contribution < -0.4 is 10.1 Å². The van der Waals surface area contributed by atoms with Gasteiger partial charge in [0.05, 0.1) is 25.1 Å². The first-order valence-electron chi connectivity index (χ1n) is 12.6. The number of aliphatic imine (C=N–C) groups is 1. The van der Waals surface area contributed by atoms with Crippen LogP contribution in [0.1, 0.15) is 41.5 Å². The minimum atomic E-state index is -3.51. The smallest absolute Gasteiger partial charge is 0.413 e. The van der Waals surface area contributed by atoms with Gasteiger partial charge in [-0.1, -0.05) is 23.7 Å². The second-order valence-corrected chi connectivity index (χ2v) is 11.8. The number of nitrogens with zero attached hydrogens (tertiary/aromatic N) is 3. The first-order chi connectivity index (χ1) is 18.4. The molecular formula is C27H35ClN4O6S. The van der Waals surface area contributed by atoms with Crippen molar-refractivity contribution in [2.75, 3.05) is 39.7 Å². The number of amidine groups is 1. The van der Waals surface area contributed by atoms with Crippen molar-refractivity contribution in [2.24, 2.45) is 4.99 Å². The molecule has 0 saturated heterocycles. The van der Waals surface area contributed by atoms with Gasteiger partial charge in [0.2, 0.25) is 5.91 Å². The summed E-state index contributed by atoms with van der Waals surface area (Å²) in [5.74, 6) is 0.762. The number of amides is 2. The van der Waals surface area contributed by atoms with Crippen molar-refractivity contribution < 1.29 is 27.9 Å². The summed E-state index contributed by atoms with van der Waals surface area (Å²) in [6.07, 6.45) is 0.514. The third kappa shape index (κ3) is 7.71. The van der Waals surface area contributed by atoms with Gasteiger partial charge in [-0.3, -0.25) is 14.7 Å². The van der Waals surface area contributed by atoms with Gasteiger partial charge in [-0.25, -0.2) is 13.2 Å². The molecule has 0 aliphatic carbocycles. The molecule has 10 nitrogen and oxygen atoms in total. The first-order valence-corrected chi connectivity index (χ1v) is 14.6. The van der Waals surface area contributed by atoms with Gasteiger partial charge >= 0.3 is 6.09 Å². The molecule has 1 aliphatic rings. The van der Waals surface area contributed by atoms with Crippen LogP contribution in [0.3, 0.4) is 0 Å². The molecule has 12 heteroatoms. The highest BCUT2D eigenvalue weighted by atomic mass is 35.5. The molecule has 0 radical (unpaired) electrons. The van der Waals surface area contributed by atoms with Crippen LogP contribution in [0.5, 0.6) is 5.75 Å². The summed E-state index contributed by atoms with van der Waals surface area (Å²) in [6, 6.07) is 8.62. The van der Waals surface area contributed by atoms with Gasteiger partial charge in [-0.15, -0.1) is 0 Å². The number of nitrogens with one attached hydrogen (secondary N) is 1. The Kier molecular flexibility index (Phi) is 10.3. The van der Waals surface area contributed by atoms with E-state index in [9.17, 15) is 23.1 Å². The van der Waals surface area contributed by atoms with E-state index in [-0.39, 0.29) is 11.8 Å². The van der Waals surface area contributed by atoms with Gasteiger partial charge in [-0.05, 0) is 68.1 Å². The third-order valence-electron chi connectivity index (χ3n) is 6.48. The SMILES string of the molecule is COc1cc(C)c(S(=O)(=O)CNCCCCC(=O)N(C)Cc2ccc(C3=NCCN3C(=O)O)cc2Cl)c(C)c1. The second kappa shape index (κ2) is 13.3. The van der Waals surface area contributed by atoms with Gasteiger partial charge in [0.15, 0.2) is 9.84 Å². The van der Waals surface area contributed by atoms with Crippen molar-refractivity contribution in [3.05, 3.63) is 57.6 Å². The number of hydrogen-bond donors (Lipinski definition) is 2. The summed E-state index contributed by atoms with van der Waals surface area (Å²) in [6.45, 7) is 5.01. The minimum absolute atomic E-state index is 0.0514. The molecule has 0 unspecified atom stereocenters. The predicted octanol–water partition coefficient (Wildman–Crippen LogP) is 3.86. The maximum absolute atomic E-state index is 12.8. The monoisotopic (exact) mass is 578 g/mol. The van der Waals surface area contributed by atoms with Gasteiger partial charge < -0.3 is 20.1 Å². The zero-order valence-electron chi connectivity index (χ0n) is 22.7. The molecule has 0 atom stereocenters. The molecule has 0 bridgehead atoms. The number of carbonyl (C=O) groups excluding carboxylic acids is 1. The number of unbranched alkanes of at least 4 members (excludes halogenated alkanes) is 1. The number of hydrogen-bond acceptors (Lipinski definition) is 7. The third-order valence-corrected chi connectivity index (χ3v) is 8.69. The van der Waals surface area contributed by atoms with Gasteiger partial charge in [0.25, 0.3) is 0 Å². The van der Waals surface area contributed by atoms with Crippen molar-refractivity contribution in [1.29, 1.82) is 0 Å². The fourth-order valence-electron chi connectivity index (χ4n) is 4.55. The van der Waals surface area contributed by atoms with Crippen molar-refractivity contribution >= 4 is 39.3 Å². The largest absolute Gasteiger partial charge is 0.497 e. The van der Waals surface area contributed by atoms with Crippen LogP contribution >= 0.6 is 11.6 Å². The Morgan fingerprint density at radius 2 is 1.87 bits per heavy atom. The van der Waals surface area contributed by atoms with Gasteiger partial charge in [0.1, 0.15) is 17.5 Å². The van der Waals surface area contributed by atoms with Gasteiger partial charge in [0, 0.05) is 30.6 Å². The zero-order valence-corrected chi connectivity index (χ0v) is 24.2. The highest BCUT2D eigenvalue weighted by molar-refractivity contribution is 7.91. The van der Waals surface area contributed by atoms with E-state index in [1.807, 2.05) is 0 Å². The summed E-state index contributed by atoms with van der Waals surface area (Å²) in [5, 5.41) is 12.7. The Bertz CT molecular complexity index is 1340. The summed E-state index contributed by atoms with van der Waals surface area (Å²) in [4.78, 5) is 31.4. The molecule has 3 rings (SSSR count). The molecule has 1 aliphatic heterocycles. The summed E-state index contributed by atoms with van der Waals surface area (Å²) in [7, 11) is -0.268. The van der Waals surface area contributed by atoms with Crippen LogP contribution in [-0.4, -0.2) is 80.8 Å². The van der Waals surface area contributed by atoms with Gasteiger partial charge in [-0.2, -0.15) is 0 Å². The molecule has 1 heterocycles. The van der Waals surface area contributed by atoms with Crippen molar-refractivity contribution in [1.82, 2.24) is 15.1 Å². The van der Waals surface area contributed by atoms with Crippen LogP contribution in [0.2, 0.25) is 5.02 Å². The standard InChI is InChI=1S/C27H35ClN4O6S/c1-18-13-22(38-4)14-19(2)25(18)39(36,37)17-29-10-6-5-7-24(33)31(3)16-21-9-8-20(15-23(21)28)26-30-11-12-32(26)27(34)35/h8-9,13-15,29H,5-7,10-12,16-17H2,1-4H3,(H,34,35). The quantitative estimate of drug-likeness (QED) is 0.366. The number of halogens is 1. The Balaban J connectivity index is 1.44. The molecule has 2 aromatic rings. The van der Waals surface area contributed by atoms with E-state index in [2.05, 4.69) is 10.3 Å². The molecule has 2 amide bonds. The molecule has 0 aromatic heterocycles. The number of methoxy groups -OCH3 is 1. The maximum atomic E-state index is 12.8. The van der Waals surface area contributed by atoms with E-state index in [4.69, 9.17) is 16.3 Å². The fourth-order valence-corrected chi connectivity index (χ4v) is 6.45. The molecule has 0 fully saturated rings. The van der Waals surface area contributed by atoms with Crippen LogP contribution in [0.15, 0.2) is 40.2 Å². The number of sulfone groups is 1. The Morgan fingerprint density at radius 3 is 2.49 bits per heavy atom. The van der Waals surface area contributed by atoms with Crippen LogP contribution in [-0.2, 0) is 21.2 Å². The lowest BCUT2D eigenvalue weighted by atomic mass is 10.1. The predicted molar refractivity (Wildman–Crippen MR) is 150 cm³/mol. The number of rotatable bonds is 12. The Labute approximate surface area is 234 Å². The highest BCUT2D eigenvalue weighted by Crippen LogP contribution is 2.26. The average Bonchev–Trinajstić information content (AvgIpc) is 3.37. The van der Waals surface area contributed by atoms with E-state index in [1.165, 1.54) is 4.90 Å². The van der Waals surface area contributed by atoms with Crippen LogP contribution in [0, 0.1) is 13.8 Å². The lowest BCUT2D eigenvalue weighted by Gasteiger charge is -2.19. The molecule has 212 valence electrons. The molecule has 2 N–H and O–H groups in total. The molecule has 0 spiro atoms. The van der Waals surface area contributed by atoms with Crippen molar-refractivity contribution in [2.45, 2.75) is 44.6 Å². The lowest BCUT2D eigenvalue weighted by Crippen LogP contribution is -2.33. The van der Waals surface area contributed by atoms with E-state index in [1.54, 1.807) is 63.2 Å². The van der Waals surface area contributed by atoms with Crippen LogP contribution in [0.25, 0.3) is 0 Å². The number of carboxylic acid groups (broad SMARTS) is 1. The van der Waals surface area contributed by atoms with Crippen molar-refractivity contribution in [3.8, 4) is 5.75 Å². The van der Waals surface area contributed by atoms with Crippen LogP contribution in [0.4, 0.5) is 4.79 Å². The highest BCUT2D eigenvalue weighted by Gasteiger charge is 2.25. The normalized spacial score (nSPS) is 13.4. The lowest BCUT2D eigenvalue weighted by molar-refractivity contribution is -0.130. The first kappa shape index (κ1) is 30.4. The van der Waals surface area contributed by atoms with E-state index in [0.717, 1.165) is 5.56 Å². The van der Waals surface area contributed by atoms with E-state index >= 15 is 0 Å². The molecule has 0 saturated carbocycles. The minimum Gasteiger partial charge on any atom is -0.497 e. The zero-order chi connectivity index (χ0) is 28.7. The number of ether oxygens (including phenoxy) is 1. The second-order valence-electron chi connectivity index (χ2n) is 9.50. The van der Waals surface area contributed by atoms with E-state index in [0.29, 0.717) is 83.6 Å². The molecular weight excluding hydrogens is 544 g/mol. The summed E-state index contributed by atoms with van der Waals surface area (Å²) < 4.78 is 30.9. The van der Waals surface area contributed by atoms with Crippen molar-refractivity contribution in [3.63, 3.8) is 0 Å². The fraction of sp³-hybridized carbons (Fsp3) is 0.444. The maximum Gasteiger partial charge on any atom is 0.413 e. The summed E-state index contributed by atoms with van der Waals surface area (Å²) in [5.41, 5.74) is 2.65. The number of aryl methyl sites for hydroxylation is 2. The average molecular weight is 579 g/mol.